The highest BCUT2D eigenvalue weighted by molar-refractivity contribution is 5.95. The number of amides is 1. The van der Waals surface area contributed by atoms with E-state index in [1.165, 1.54) is 0 Å². The zero-order valence-electron chi connectivity index (χ0n) is 14.5. The van der Waals surface area contributed by atoms with E-state index in [4.69, 9.17) is 9.26 Å². The van der Waals surface area contributed by atoms with Crippen molar-refractivity contribution in [3.05, 3.63) is 47.1 Å². The van der Waals surface area contributed by atoms with Crippen LogP contribution in [0.5, 0.6) is 0 Å². The fourth-order valence-corrected chi connectivity index (χ4v) is 3.63. The van der Waals surface area contributed by atoms with E-state index in [9.17, 15) is 4.79 Å². The fraction of sp³-hybridized carbons (Fsp3) is 0.526. The number of benzene rings is 1. The van der Waals surface area contributed by atoms with Crippen LogP contribution in [-0.2, 0) is 4.74 Å². The number of aryl methyl sites for hydroxylation is 1. The molecule has 3 heterocycles. The second kappa shape index (κ2) is 6.96. The molecule has 1 aromatic heterocycles. The highest BCUT2D eigenvalue weighted by Gasteiger charge is 2.30. The Hall–Kier alpha value is -2.21. The maximum atomic E-state index is 12.7. The van der Waals surface area contributed by atoms with Crippen LogP contribution in [0.4, 0.5) is 0 Å². The van der Waals surface area contributed by atoms with Crippen LogP contribution in [0.2, 0.25) is 0 Å². The van der Waals surface area contributed by atoms with Crippen molar-refractivity contribution >= 4 is 5.91 Å². The van der Waals surface area contributed by atoms with E-state index in [-0.39, 0.29) is 17.7 Å². The van der Waals surface area contributed by atoms with Crippen LogP contribution in [0.15, 0.2) is 28.8 Å². The molecule has 0 radical (unpaired) electrons. The van der Waals surface area contributed by atoms with Gasteiger partial charge in [-0.25, -0.2) is 0 Å². The van der Waals surface area contributed by atoms with E-state index in [0.29, 0.717) is 12.5 Å². The van der Waals surface area contributed by atoms with Crippen molar-refractivity contribution in [3.8, 4) is 0 Å². The third-order valence-corrected chi connectivity index (χ3v) is 5.26. The van der Waals surface area contributed by atoms with E-state index in [1.807, 2.05) is 36.1 Å². The van der Waals surface area contributed by atoms with Gasteiger partial charge in [-0.15, -0.1) is 0 Å². The standard InChI is InChI=1S/C19H23N3O3/c1-13-4-2-3-5-16(13)19(23)22-9-6-14(7-10-22)18-20-17(21-25-18)15-8-11-24-12-15/h2-5,14-15H,6-12H2,1H3. The first-order valence-electron chi connectivity index (χ1n) is 8.98. The first-order valence-corrected chi connectivity index (χ1v) is 8.98. The van der Waals surface area contributed by atoms with Crippen LogP contribution in [0, 0.1) is 6.92 Å². The van der Waals surface area contributed by atoms with E-state index in [1.54, 1.807) is 0 Å². The molecule has 1 atom stereocenters. The predicted molar refractivity (Wildman–Crippen MR) is 91.5 cm³/mol. The third-order valence-electron chi connectivity index (χ3n) is 5.26. The van der Waals surface area contributed by atoms with Gasteiger partial charge in [0.1, 0.15) is 0 Å². The quantitative estimate of drug-likeness (QED) is 0.858. The number of rotatable bonds is 3. The summed E-state index contributed by atoms with van der Waals surface area (Å²) in [6.45, 7) is 4.88. The number of ether oxygens (including phenoxy) is 1. The van der Waals surface area contributed by atoms with Crippen molar-refractivity contribution in [2.75, 3.05) is 26.3 Å². The first-order chi connectivity index (χ1) is 12.2. The Morgan fingerprint density at radius 1 is 1.16 bits per heavy atom. The molecule has 25 heavy (non-hydrogen) atoms. The summed E-state index contributed by atoms with van der Waals surface area (Å²) in [5, 5.41) is 4.14. The summed E-state index contributed by atoms with van der Waals surface area (Å²) in [5.74, 6) is 2.10. The molecule has 2 saturated heterocycles. The van der Waals surface area contributed by atoms with Crippen LogP contribution in [0.25, 0.3) is 0 Å². The molecule has 0 spiro atoms. The van der Waals surface area contributed by atoms with E-state index < -0.39 is 0 Å². The Morgan fingerprint density at radius 3 is 2.68 bits per heavy atom. The molecule has 0 aliphatic carbocycles. The normalized spacial score (nSPS) is 21.6. The molecule has 1 unspecified atom stereocenters. The van der Waals surface area contributed by atoms with Crippen LogP contribution in [-0.4, -0.2) is 47.3 Å². The molecule has 132 valence electrons. The largest absolute Gasteiger partial charge is 0.381 e. The number of piperidine rings is 1. The van der Waals surface area contributed by atoms with E-state index >= 15 is 0 Å². The number of aromatic nitrogens is 2. The zero-order valence-corrected chi connectivity index (χ0v) is 14.5. The molecular formula is C19H23N3O3. The van der Waals surface area contributed by atoms with Gasteiger partial charge in [-0.1, -0.05) is 23.4 Å². The smallest absolute Gasteiger partial charge is 0.254 e. The van der Waals surface area contributed by atoms with Crippen molar-refractivity contribution in [2.24, 2.45) is 0 Å². The number of hydrogen-bond donors (Lipinski definition) is 0. The minimum atomic E-state index is 0.117. The highest BCUT2D eigenvalue weighted by Crippen LogP contribution is 2.30. The molecule has 2 aliphatic rings. The average molecular weight is 341 g/mol. The number of nitrogens with zero attached hydrogens (tertiary/aromatic N) is 3. The Labute approximate surface area is 147 Å². The van der Waals surface area contributed by atoms with Crippen LogP contribution in [0.3, 0.4) is 0 Å². The van der Waals surface area contributed by atoms with Crippen molar-refractivity contribution in [1.29, 1.82) is 0 Å². The van der Waals surface area contributed by atoms with Crippen LogP contribution < -0.4 is 0 Å². The Morgan fingerprint density at radius 2 is 1.96 bits per heavy atom. The van der Waals surface area contributed by atoms with E-state index in [0.717, 1.165) is 55.9 Å². The monoisotopic (exact) mass is 341 g/mol. The van der Waals surface area contributed by atoms with Gasteiger partial charge >= 0.3 is 0 Å². The summed E-state index contributed by atoms with van der Waals surface area (Å²) < 4.78 is 10.9. The number of likely N-dealkylation sites (tertiary alicyclic amines) is 1. The summed E-state index contributed by atoms with van der Waals surface area (Å²) in [6.07, 6.45) is 2.68. The molecular weight excluding hydrogens is 318 g/mol. The van der Waals surface area contributed by atoms with Gasteiger partial charge in [0, 0.05) is 37.1 Å². The van der Waals surface area contributed by atoms with Crippen LogP contribution >= 0.6 is 0 Å². The summed E-state index contributed by atoms with van der Waals surface area (Å²) in [7, 11) is 0. The molecule has 6 nitrogen and oxygen atoms in total. The highest BCUT2D eigenvalue weighted by atomic mass is 16.5. The molecule has 1 aromatic carbocycles. The molecule has 2 fully saturated rings. The minimum absolute atomic E-state index is 0.117. The van der Waals surface area contributed by atoms with Crippen molar-refractivity contribution in [3.63, 3.8) is 0 Å². The van der Waals surface area contributed by atoms with Crippen molar-refractivity contribution < 1.29 is 14.1 Å². The maximum Gasteiger partial charge on any atom is 0.254 e. The van der Waals surface area contributed by atoms with Crippen LogP contribution in [0.1, 0.15) is 58.7 Å². The maximum absolute atomic E-state index is 12.7. The third kappa shape index (κ3) is 3.31. The van der Waals surface area contributed by atoms with Gasteiger partial charge in [0.25, 0.3) is 5.91 Å². The lowest BCUT2D eigenvalue weighted by Gasteiger charge is -2.30. The SMILES string of the molecule is Cc1ccccc1C(=O)N1CCC(c2nc(C3CCOC3)no2)CC1. The number of carbonyl (C=O) groups excluding carboxylic acids is 1. The molecule has 0 N–H and O–H groups in total. The summed E-state index contributed by atoms with van der Waals surface area (Å²) >= 11 is 0. The van der Waals surface area contributed by atoms with Gasteiger partial charge in [-0.2, -0.15) is 4.98 Å². The van der Waals surface area contributed by atoms with Gasteiger partial charge in [-0.05, 0) is 37.8 Å². The van der Waals surface area contributed by atoms with Gasteiger partial charge in [-0.3, -0.25) is 4.79 Å². The lowest BCUT2D eigenvalue weighted by atomic mass is 9.95. The summed E-state index contributed by atoms with van der Waals surface area (Å²) in [5.41, 5.74) is 1.82. The number of hydrogen-bond acceptors (Lipinski definition) is 5. The Bertz CT molecular complexity index is 744. The summed E-state index contributed by atoms with van der Waals surface area (Å²) in [6, 6.07) is 7.75. The molecule has 0 bridgehead atoms. The lowest BCUT2D eigenvalue weighted by Crippen LogP contribution is -2.38. The Balaban J connectivity index is 1.38. The van der Waals surface area contributed by atoms with Crippen molar-refractivity contribution in [2.45, 2.75) is 38.0 Å². The Kier molecular flexibility index (Phi) is 4.53. The average Bonchev–Trinajstić information content (AvgIpc) is 3.33. The number of carbonyl (C=O) groups is 1. The first kappa shape index (κ1) is 16.3. The van der Waals surface area contributed by atoms with Gasteiger partial charge in [0.2, 0.25) is 5.89 Å². The van der Waals surface area contributed by atoms with Gasteiger partial charge in [0.05, 0.1) is 6.61 Å². The van der Waals surface area contributed by atoms with Gasteiger partial charge < -0.3 is 14.2 Å². The fourth-order valence-electron chi connectivity index (χ4n) is 3.63. The molecule has 2 aromatic rings. The molecule has 4 rings (SSSR count). The molecule has 6 heteroatoms. The molecule has 1 amide bonds. The second-order valence-corrected chi connectivity index (χ2v) is 6.93. The topological polar surface area (TPSA) is 68.5 Å². The van der Waals surface area contributed by atoms with Gasteiger partial charge in [0.15, 0.2) is 5.82 Å². The zero-order chi connectivity index (χ0) is 17.2. The second-order valence-electron chi connectivity index (χ2n) is 6.93. The summed E-state index contributed by atoms with van der Waals surface area (Å²) in [4.78, 5) is 19.2. The predicted octanol–water partition coefficient (Wildman–Crippen LogP) is 2.90. The lowest BCUT2D eigenvalue weighted by molar-refractivity contribution is 0.0704. The van der Waals surface area contributed by atoms with Crippen molar-refractivity contribution in [1.82, 2.24) is 15.0 Å². The molecule has 0 saturated carbocycles. The molecule has 2 aliphatic heterocycles. The minimum Gasteiger partial charge on any atom is -0.381 e. The van der Waals surface area contributed by atoms with E-state index in [2.05, 4.69) is 10.1 Å².